The predicted octanol–water partition coefficient (Wildman–Crippen LogP) is 1.37. The quantitative estimate of drug-likeness (QED) is 0.654. The van der Waals surface area contributed by atoms with E-state index in [4.69, 9.17) is 21.9 Å². The first kappa shape index (κ1) is 12.7. The van der Waals surface area contributed by atoms with Gasteiger partial charge in [-0.2, -0.15) is 9.97 Å². The first-order chi connectivity index (χ1) is 9.10. The molecule has 19 heavy (non-hydrogen) atoms. The van der Waals surface area contributed by atoms with Crippen LogP contribution in [-0.4, -0.2) is 16.6 Å². The predicted molar refractivity (Wildman–Crippen MR) is 76.2 cm³/mol. The van der Waals surface area contributed by atoms with Crippen LogP contribution in [0, 0.1) is 0 Å². The maximum absolute atomic E-state index is 5.78. The normalized spacial score (nSPS) is 10.2. The van der Waals surface area contributed by atoms with Gasteiger partial charge in [0.2, 0.25) is 5.95 Å². The summed E-state index contributed by atoms with van der Waals surface area (Å²) in [5.74, 6) is 1.40. The standard InChI is InChI=1S/C12H16N6O/c1-2-19-8-5-3-7(4-6-8)16-11-9(13)10(14)17-12(15)18-11/h3-6H,2,13H2,1H3,(H5,14,15,16,17,18). The number of nitrogens with zero attached hydrogens (tertiary/aromatic N) is 2. The van der Waals surface area contributed by atoms with Gasteiger partial charge in [0, 0.05) is 5.69 Å². The first-order valence-electron chi connectivity index (χ1n) is 5.78. The average molecular weight is 260 g/mol. The van der Waals surface area contributed by atoms with E-state index in [2.05, 4.69) is 15.3 Å². The monoisotopic (exact) mass is 260 g/mol. The van der Waals surface area contributed by atoms with Gasteiger partial charge >= 0.3 is 0 Å². The van der Waals surface area contributed by atoms with E-state index in [9.17, 15) is 0 Å². The molecule has 0 aliphatic rings. The Hall–Kier alpha value is -2.70. The van der Waals surface area contributed by atoms with Crippen LogP contribution < -0.4 is 27.3 Å². The fourth-order valence-electron chi connectivity index (χ4n) is 1.54. The molecular formula is C12H16N6O. The second-order valence-electron chi connectivity index (χ2n) is 3.81. The molecule has 0 fully saturated rings. The zero-order valence-corrected chi connectivity index (χ0v) is 10.6. The van der Waals surface area contributed by atoms with Crippen LogP contribution in [-0.2, 0) is 0 Å². The summed E-state index contributed by atoms with van der Waals surface area (Å²) in [5.41, 5.74) is 18.0. The van der Waals surface area contributed by atoms with Crippen molar-refractivity contribution in [3.05, 3.63) is 24.3 Å². The summed E-state index contributed by atoms with van der Waals surface area (Å²) >= 11 is 0. The van der Waals surface area contributed by atoms with Gasteiger partial charge in [0.25, 0.3) is 0 Å². The van der Waals surface area contributed by atoms with Crippen LogP contribution in [0.4, 0.5) is 29.0 Å². The molecule has 0 bridgehead atoms. The summed E-state index contributed by atoms with van der Waals surface area (Å²) < 4.78 is 5.35. The van der Waals surface area contributed by atoms with Gasteiger partial charge in [-0.25, -0.2) is 0 Å². The van der Waals surface area contributed by atoms with E-state index in [1.807, 2.05) is 31.2 Å². The lowest BCUT2D eigenvalue weighted by molar-refractivity contribution is 0.340. The molecule has 100 valence electrons. The van der Waals surface area contributed by atoms with E-state index >= 15 is 0 Å². The third-order valence-corrected chi connectivity index (χ3v) is 2.42. The number of nitrogens with two attached hydrogens (primary N) is 3. The lowest BCUT2D eigenvalue weighted by Gasteiger charge is -2.11. The van der Waals surface area contributed by atoms with Crippen LogP contribution in [0.2, 0.25) is 0 Å². The van der Waals surface area contributed by atoms with Crippen LogP contribution in [0.5, 0.6) is 5.75 Å². The molecule has 1 aromatic heterocycles. The van der Waals surface area contributed by atoms with E-state index in [1.165, 1.54) is 0 Å². The second kappa shape index (κ2) is 5.30. The molecule has 7 nitrogen and oxygen atoms in total. The summed E-state index contributed by atoms with van der Waals surface area (Å²) in [4.78, 5) is 7.78. The number of aromatic nitrogens is 2. The van der Waals surface area contributed by atoms with Crippen molar-refractivity contribution in [3.8, 4) is 5.75 Å². The Balaban J connectivity index is 2.21. The zero-order chi connectivity index (χ0) is 13.8. The molecular weight excluding hydrogens is 244 g/mol. The number of rotatable bonds is 4. The molecule has 0 radical (unpaired) electrons. The summed E-state index contributed by atoms with van der Waals surface area (Å²) in [6.07, 6.45) is 0. The maximum Gasteiger partial charge on any atom is 0.224 e. The molecule has 2 aromatic rings. The third kappa shape index (κ3) is 2.95. The van der Waals surface area contributed by atoms with Gasteiger partial charge in [-0.3, -0.25) is 0 Å². The summed E-state index contributed by atoms with van der Waals surface area (Å²) in [7, 11) is 0. The summed E-state index contributed by atoms with van der Waals surface area (Å²) in [6, 6.07) is 7.38. The van der Waals surface area contributed by atoms with Gasteiger partial charge in [-0.05, 0) is 31.2 Å². The number of hydrogen-bond donors (Lipinski definition) is 4. The van der Waals surface area contributed by atoms with Crippen LogP contribution in [0.25, 0.3) is 0 Å². The van der Waals surface area contributed by atoms with Crippen LogP contribution >= 0.6 is 0 Å². The SMILES string of the molecule is CCOc1ccc(Nc2nc(N)nc(N)c2N)cc1. The van der Waals surface area contributed by atoms with Crippen molar-refractivity contribution in [2.45, 2.75) is 6.92 Å². The van der Waals surface area contributed by atoms with E-state index in [0.29, 0.717) is 12.4 Å². The number of ether oxygens (including phenoxy) is 1. The van der Waals surface area contributed by atoms with Crippen LogP contribution in [0.15, 0.2) is 24.3 Å². The zero-order valence-electron chi connectivity index (χ0n) is 10.6. The molecule has 0 saturated carbocycles. The lowest BCUT2D eigenvalue weighted by Crippen LogP contribution is -2.08. The smallest absolute Gasteiger partial charge is 0.224 e. The minimum Gasteiger partial charge on any atom is -0.494 e. The fraction of sp³-hybridized carbons (Fsp3) is 0.167. The molecule has 7 heteroatoms. The van der Waals surface area contributed by atoms with Crippen LogP contribution in [0.3, 0.4) is 0 Å². The minimum atomic E-state index is 0.0696. The van der Waals surface area contributed by atoms with Crippen molar-refractivity contribution in [2.75, 3.05) is 29.1 Å². The van der Waals surface area contributed by atoms with Crippen LogP contribution in [0.1, 0.15) is 6.92 Å². The van der Waals surface area contributed by atoms with Crippen molar-refractivity contribution >= 4 is 29.0 Å². The highest BCUT2D eigenvalue weighted by Crippen LogP contribution is 2.26. The Morgan fingerprint density at radius 2 is 1.79 bits per heavy atom. The number of nitrogen functional groups attached to an aromatic ring is 3. The molecule has 0 amide bonds. The molecule has 0 spiro atoms. The highest BCUT2D eigenvalue weighted by Gasteiger charge is 2.08. The Morgan fingerprint density at radius 1 is 1.11 bits per heavy atom. The van der Waals surface area contributed by atoms with Crippen molar-refractivity contribution in [2.24, 2.45) is 0 Å². The molecule has 0 atom stereocenters. The Bertz CT molecular complexity index is 569. The van der Waals surface area contributed by atoms with Crippen molar-refractivity contribution in [1.29, 1.82) is 0 Å². The first-order valence-corrected chi connectivity index (χ1v) is 5.78. The molecule has 0 unspecified atom stereocenters. The van der Waals surface area contributed by atoms with Gasteiger partial charge in [0.15, 0.2) is 11.6 Å². The van der Waals surface area contributed by atoms with E-state index in [0.717, 1.165) is 11.4 Å². The number of benzene rings is 1. The van der Waals surface area contributed by atoms with Gasteiger partial charge in [0.1, 0.15) is 11.4 Å². The highest BCUT2D eigenvalue weighted by atomic mass is 16.5. The highest BCUT2D eigenvalue weighted by molar-refractivity contribution is 5.77. The average Bonchev–Trinajstić information content (AvgIpc) is 2.38. The molecule has 7 N–H and O–H groups in total. The van der Waals surface area contributed by atoms with Crippen molar-refractivity contribution in [3.63, 3.8) is 0 Å². The topological polar surface area (TPSA) is 125 Å². The van der Waals surface area contributed by atoms with Gasteiger partial charge in [-0.1, -0.05) is 0 Å². The third-order valence-electron chi connectivity index (χ3n) is 2.42. The van der Waals surface area contributed by atoms with E-state index in [-0.39, 0.29) is 17.5 Å². The fourth-order valence-corrected chi connectivity index (χ4v) is 1.54. The van der Waals surface area contributed by atoms with Crippen molar-refractivity contribution in [1.82, 2.24) is 9.97 Å². The molecule has 2 rings (SSSR count). The molecule has 1 aromatic carbocycles. The largest absolute Gasteiger partial charge is 0.494 e. The van der Waals surface area contributed by atoms with Gasteiger partial charge in [-0.15, -0.1) is 0 Å². The minimum absolute atomic E-state index is 0.0696. The second-order valence-corrected chi connectivity index (χ2v) is 3.81. The van der Waals surface area contributed by atoms with E-state index < -0.39 is 0 Å². The Morgan fingerprint density at radius 3 is 2.42 bits per heavy atom. The summed E-state index contributed by atoms with van der Waals surface area (Å²) in [5, 5.41) is 3.03. The number of nitrogens with one attached hydrogen (secondary N) is 1. The molecule has 1 heterocycles. The van der Waals surface area contributed by atoms with Gasteiger partial charge in [0.05, 0.1) is 6.61 Å². The number of anilines is 5. The van der Waals surface area contributed by atoms with Crippen molar-refractivity contribution < 1.29 is 4.74 Å². The van der Waals surface area contributed by atoms with E-state index in [1.54, 1.807) is 0 Å². The molecule has 0 saturated heterocycles. The molecule has 0 aliphatic carbocycles. The summed E-state index contributed by atoms with van der Waals surface area (Å²) in [6.45, 7) is 2.55. The Kier molecular flexibility index (Phi) is 3.56. The van der Waals surface area contributed by atoms with Gasteiger partial charge < -0.3 is 27.3 Å². The lowest BCUT2D eigenvalue weighted by atomic mass is 10.3. The molecule has 0 aliphatic heterocycles. The maximum atomic E-state index is 5.78. The Labute approximate surface area is 110 Å². The number of hydrogen-bond acceptors (Lipinski definition) is 7.